The molecule has 0 saturated carbocycles. The van der Waals surface area contributed by atoms with Gasteiger partial charge in [-0.15, -0.1) is 10.2 Å². The number of nitrogens with zero attached hydrogens (tertiary/aromatic N) is 4. The maximum absolute atomic E-state index is 13.6. The van der Waals surface area contributed by atoms with Crippen LogP contribution in [0.15, 0.2) is 89.3 Å². The Morgan fingerprint density at radius 1 is 0.742 bits per heavy atom. The Labute approximate surface area is 180 Å². The molecule has 0 radical (unpaired) electrons. The zero-order valence-electron chi connectivity index (χ0n) is 17.1. The summed E-state index contributed by atoms with van der Waals surface area (Å²) < 4.78 is 19.7. The smallest absolute Gasteiger partial charge is 0.247 e. The summed E-state index contributed by atoms with van der Waals surface area (Å²) in [4.78, 5) is 4.70. The van der Waals surface area contributed by atoms with Crippen LogP contribution in [0.4, 0.5) is 10.1 Å². The Hall–Kier alpha value is -3.51. The van der Waals surface area contributed by atoms with E-state index in [4.69, 9.17) is 4.42 Å². The fourth-order valence-corrected chi connectivity index (χ4v) is 4.07. The van der Waals surface area contributed by atoms with Crippen molar-refractivity contribution in [3.05, 3.63) is 102 Å². The molecule has 1 aromatic heterocycles. The van der Waals surface area contributed by atoms with Crippen LogP contribution in [0.1, 0.15) is 17.5 Å². The first-order valence-corrected chi connectivity index (χ1v) is 10.5. The second-order valence-electron chi connectivity index (χ2n) is 7.62. The van der Waals surface area contributed by atoms with E-state index in [1.54, 1.807) is 12.1 Å². The van der Waals surface area contributed by atoms with Gasteiger partial charge in [0.15, 0.2) is 0 Å². The van der Waals surface area contributed by atoms with E-state index < -0.39 is 0 Å². The van der Waals surface area contributed by atoms with Gasteiger partial charge in [0.25, 0.3) is 0 Å². The summed E-state index contributed by atoms with van der Waals surface area (Å²) in [6, 6.07) is 26.5. The van der Waals surface area contributed by atoms with Crippen LogP contribution in [0.25, 0.3) is 11.5 Å². The lowest BCUT2D eigenvalue weighted by molar-refractivity contribution is 0.188. The maximum Gasteiger partial charge on any atom is 0.247 e. The second kappa shape index (κ2) is 8.70. The predicted molar refractivity (Wildman–Crippen MR) is 118 cm³/mol. The highest BCUT2D eigenvalue weighted by molar-refractivity contribution is 5.52. The van der Waals surface area contributed by atoms with Gasteiger partial charge in [-0.1, -0.05) is 48.5 Å². The van der Waals surface area contributed by atoms with E-state index in [2.05, 4.69) is 44.3 Å². The van der Waals surface area contributed by atoms with Crippen molar-refractivity contribution < 1.29 is 8.81 Å². The summed E-state index contributed by atoms with van der Waals surface area (Å²) in [6.07, 6.45) is 0. The Bertz CT molecular complexity index is 1110. The van der Waals surface area contributed by atoms with Crippen molar-refractivity contribution in [3.63, 3.8) is 0 Å². The number of rotatable bonds is 5. The van der Waals surface area contributed by atoms with Crippen LogP contribution in [-0.4, -0.2) is 41.3 Å². The lowest BCUT2D eigenvalue weighted by atomic mass is 10.0. The summed E-state index contributed by atoms with van der Waals surface area (Å²) in [5, 5.41) is 8.66. The third kappa shape index (κ3) is 4.20. The number of hydrogen-bond donors (Lipinski definition) is 0. The van der Waals surface area contributed by atoms with E-state index in [-0.39, 0.29) is 11.9 Å². The van der Waals surface area contributed by atoms with E-state index in [1.165, 1.54) is 17.8 Å². The summed E-state index contributed by atoms with van der Waals surface area (Å²) in [7, 11) is 0. The van der Waals surface area contributed by atoms with E-state index in [0.29, 0.717) is 11.8 Å². The van der Waals surface area contributed by atoms with Crippen LogP contribution in [0.3, 0.4) is 0 Å². The molecule has 2 heterocycles. The van der Waals surface area contributed by atoms with Crippen LogP contribution in [0.2, 0.25) is 0 Å². The van der Waals surface area contributed by atoms with Crippen molar-refractivity contribution >= 4 is 5.69 Å². The summed E-state index contributed by atoms with van der Waals surface area (Å²) in [6.45, 7) is 3.45. The fourth-order valence-electron chi connectivity index (χ4n) is 4.07. The van der Waals surface area contributed by atoms with Crippen molar-refractivity contribution in [2.75, 3.05) is 31.1 Å². The van der Waals surface area contributed by atoms with Gasteiger partial charge < -0.3 is 9.32 Å². The van der Waals surface area contributed by atoms with E-state index >= 15 is 0 Å². The molecule has 4 aromatic rings. The number of anilines is 1. The molecule has 156 valence electrons. The van der Waals surface area contributed by atoms with Gasteiger partial charge in [0, 0.05) is 37.4 Å². The largest absolute Gasteiger partial charge is 0.419 e. The molecule has 5 nitrogen and oxygen atoms in total. The third-order valence-corrected chi connectivity index (χ3v) is 5.68. The number of para-hydroxylation sites is 1. The fraction of sp³-hybridized carbons (Fsp3) is 0.200. The second-order valence-corrected chi connectivity index (χ2v) is 7.62. The molecule has 1 fully saturated rings. The molecule has 1 aliphatic rings. The lowest BCUT2D eigenvalue weighted by Crippen LogP contribution is -2.48. The topological polar surface area (TPSA) is 45.4 Å². The van der Waals surface area contributed by atoms with Crippen molar-refractivity contribution in [1.82, 2.24) is 15.1 Å². The molecule has 6 heteroatoms. The van der Waals surface area contributed by atoms with Gasteiger partial charge in [0.2, 0.25) is 11.8 Å². The summed E-state index contributed by atoms with van der Waals surface area (Å²) in [5.41, 5.74) is 3.05. The SMILES string of the molecule is Fc1ccc([C@@H](c2nnc(-c3ccccc3)o2)N2CCN(c3ccccc3)CC2)cc1. The first kappa shape index (κ1) is 19.5. The molecule has 0 bridgehead atoms. The minimum atomic E-state index is -0.257. The minimum Gasteiger partial charge on any atom is -0.419 e. The molecule has 31 heavy (non-hydrogen) atoms. The van der Waals surface area contributed by atoms with Crippen molar-refractivity contribution in [1.29, 1.82) is 0 Å². The quantitative estimate of drug-likeness (QED) is 0.470. The van der Waals surface area contributed by atoms with E-state index in [0.717, 1.165) is 37.3 Å². The zero-order valence-corrected chi connectivity index (χ0v) is 17.1. The Morgan fingerprint density at radius 2 is 1.39 bits per heavy atom. The van der Waals surface area contributed by atoms with Crippen molar-refractivity contribution in [2.45, 2.75) is 6.04 Å². The highest BCUT2D eigenvalue weighted by Gasteiger charge is 2.30. The van der Waals surface area contributed by atoms with Gasteiger partial charge in [-0.3, -0.25) is 4.90 Å². The van der Waals surface area contributed by atoms with Crippen LogP contribution in [-0.2, 0) is 0 Å². The van der Waals surface area contributed by atoms with Gasteiger partial charge in [-0.25, -0.2) is 4.39 Å². The molecule has 0 amide bonds. The van der Waals surface area contributed by atoms with Crippen molar-refractivity contribution in [2.24, 2.45) is 0 Å². The van der Waals surface area contributed by atoms with Gasteiger partial charge in [0.1, 0.15) is 11.9 Å². The Balaban J connectivity index is 1.42. The molecule has 0 aliphatic carbocycles. The standard InChI is InChI=1S/C25H23FN4O/c26-21-13-11-19(12-14-21)23(25-28-27-24(31-25)20-7-3-1-4-8-20)30-17-15-29(16-18-30)22-9-5-2-6-10-22/h1-14,23H,15-18H2/t23-/m0/s1. The summed E-state index contributed by atoms with van der Waals surface area (Å²) >= 11 is 0. The molecule has 5 rings (SSSR count). The molecular formula is C25H23FN4O. The number of halogens is 1. The van der Waals surface area contributed by atoms with Gasteiger partial charge in [-0.05, 0) is 42.0 Å². The van der Waals surface area contributed by atoms with Crippen LogP contribution < -0.4 is 4.90 Å². The average molecular weight is 414 g/mol. The molecular weight excluding hydrogens is 391 g/mol. The number of aromatic nitrogens is 2. The monoisotopic (exact) mass is 414 g/mol. The molecule has 0 unspecified atom stereocenters. The highest BCUT2D eigenvalue weighted by atomic mass is 19.1. The normalized spacial score (nSPS) is 15.7. The highest BCUT2D eigenvalue weighted by Crippen LogP contribution is 2.31. The molecule has 1 atom stereocenters. The van der Waals surface area contributed by atoms with Gasteiger partial charge in [0.05, 0.1) is 0 Å². The Morgan fingerprint density at radius 3 is 2.06 bits per heavy atom. The molecule has 0 N–H and O–H groups in total. The van der Waals surface area contributed by atoms with E-state index in [9.17, 15) is 4.39 Å². The minimum absolute atomic E-state index is 0.219. The first-order valence-electron chi connectivity index (χ1n) is 10.5. The lowest BCUT2D eigenvalue weighted by Gasteiger charge is -2.39. The number of piperazine rings is 1. The predicted octanol–water partition coefficient (Wildman–Crippen LogP) is 4.79. The van der Waals surface area contributed by atoms with Gasteiger partial charge in [-0.2, -0.15) is 0 Å². The van der Waals surface area contributed by atoms with E-state index in [1.807, 2.05) is 36.4 Å². The van der Waals surface area contributed by atoms with Crippen LogP contribution >= 0.6 is 0 Å². The summed E-state index contributed by atoms with van der Waals surface area (Å²) in [5.74, 6) is 0.760. The Kier molecular flexibility index (Phi) is 5.46. The first-order chi connectivity index (χ1) is 15.3. The number of benzene rings is 3. The number of hydrogen-bond acceptors (Lipinski definition) is 5. The average Bonchev–Trinajstić information content (AvgIpc) is 3.32. The van der Waals surface area contributed by atoms with Crippen LogP contribution in [0, 0.1) is 5.82 Å². The molecule has 1 aliphatic heterocycles. The third-order valence-electron chi connectivity index (χ3n) is 5.68. The molecule has 1 saturated heterocycles. The van der Waals surface area contributed by atoms with Crippen LogP contribution in [0.5, 0.6) is 0 Å². The van der Waals surface area contributed by atoms with Crippen molar-refractivity contribution in [3.8, 4) is 11.5 Å². The van der Waals surface area contributed by atoms with Gasteiger partial charge >= 0.3 is 0 Å². The molecule has 0 spiro atoms. The molecule has 3 aromatic carbocycles. The maximum atomic E-state index is 13.6. The zero-order chi connectivity index (χ0) is 21.0.